The molecule has 0 fully saturated rings. The van der Waals surface area contributed by atoms with Gasteiger partial charge >= 0.3 is 5.63 Å². The average molecular weight is 262 g/mol. The molecule has 0 bridgehead atoms. The van der Waals surface area contributed by atoms with Gasteiger partial charge in [0.2, 0.25) is 0 Å². The van der Waals surface area contributed by atoms with Gasteiger partial charge in [-0.3, -0.25) is 0 Å². The fourth-order valence-electron chi connectivity index (χ4n) is 2.16. The molecule has 1 aromatic heterocycles. The molecular formula is C15H18O4. The topological polar surface area (TPSA) is 48.7 Å². The summed E-state index contributed by atoms with van der Waals surface area (Å²) in [7, 11) is 3.22. The van der Waals surface area contributed by atoms with Crippen molar-refractivity contribution in [3.05, 3.63) is 39.4 Å². The first kappa shape index (κ1) is 13.6. The van der Waals surface area contributed by atoms with E-state index in [1.807, 2.05) is 19.9 Å². The van der Waals surface area contributed by atoms with Crippen LogP contribution in [0.4, 0.5) is 0 Å². The maximum Gasteiger partial charge on any atom is 0.343 e. The number of methoxy groups -OCH3 is 2. The zero-order valence-corrected chi connectivity index (χ0v) is 11.9. The smallest absolute Gasteiger partial charge is 0.343 e. The molecule has 0 aliphatic heterocycles. The molecule has 1 atom stereocenters. The molecule has 0 saturated heterocycles. The van der Waals surface area contributed by atoms with Gasteiger partial charge in [-0.15, -0.1) is 0 Å². The number of rotatable bonds is 3. The van der Waals surface area contributed by atoms with Gasteiger partial charge in [0, 0.05) is 12.7 Å². The van der Waals surface area contributed by atoms with Gasteiger partial charge in [-0.1, -0.05) is 0 Å². The molecule has 4 nitrogen and oxygen atoms in total. The third-order valence-corrected chi connectivity index (χ3v) is 3.56. The molecule has 0 radical (unpaired) electrons. The highest BCUT2D eigenvalue weighted by atomic mass is 16.5. The summed E-state index contributed by atoms with van der Waals surface area (Å²) in [5.74, 6) is 1.27. The van der Waals surface area contributed by atoms with Crippen molar-refractivity contribution in [2.45, 2.75) is 26.9 Å². The van der Waals surface area contributed by atoms with Crippen molar-refractivity contribution in [2.24, 2.45) is 0 Å². The van der Waals surface area contributed by atoms with Gasteiger partial charge < -0.3 is 13.9 Å². The minimum absolute atomic E-state index is 0.105. The Hall–Kier alpha value is -1.81. The summed E-state index contributed by atoms with van der Waals surface area (Å²) < 4.78 is 15.9. The van der Waals surface area contributed by atoms with Crippen LogP contribution >= 0.6 is 0 Å². The van der Waals surface area contributed by atoms with Crippen LogP contribution in [0.15, 0.2) is 21.3 Å². The molecular weight excluding hydrogens is 244 g/mol. The Kier molecular flexibility index (Phi) is 3.62. The lowest BCUT2D eigenvalue weighted by atomic mass is 10.0. The molecule has 0 aliphatic rings. The van der Waals surface area contributed by atoms with Crippen LogP contribution < -0.4 is 10.4 Å². The Labute approximate surface area is 111 Å². The zero-order valence-electron chi connectivity index (χ0n) is 11.9. The third kappa shape index (κ3) is 2.24. The van der Waals surface area contributed by atoms with E-state index in [9.17, 15) is 4.79 Å². The van der Waals surface area contributed by atoms with E-state index in [0.29, 0.717) is 16.9 Å². The molecule has 19 heavy (non-hydrogen) atoms. The first-order chi connectivity index (χ1) is 8.99. The summed E-state index contributed by atoms with van der Waals surface area (Å²) in [6.45, 7) is 5.67. The normalized spacial score (nSPS) is 12.7. The Morgan fingerprint density at radius 2 is 1.84 bits per heavy atom. The Bertz CT molecular complexity index is 670. The van der Waals surface area contributed by atoms with E-state index < -0.39 is 0 Å². The second-order valence-electron chi connectivity index (χ2n) is 4.59. The molecule has 0 amide bonds. The average Bonchev–Trinajstić information content (AvgIpc) is 2.42. The number of benzene rings is 1. The van der Waals surface area contributed by atoms with Crippen LogP contribution in [0.5, 0.6) is 5.75 Å². The van der Waals surface area contributed by atoms with Gasteiger partial charge in [-0.2, -0.15) is 0 Å². The van der Waals surface area contributed by atoms with Crippen molar-refractivity contribution < 1.29 is 13.9 Å². The highest BCUT2D eigenvalue weighted by Gasteiger charge is 2.16. The quantitative estimate of drug-likeness (QED) is 0.852. The highest BCUT2D eigenvalue weighted by molar-refractivity contribution is 5.87. The molecule has 0 aliphatic carbocycles. The van der Waals surface area contributed by atoms with Crippen LogP contribution in [0.3, 0.4) is 0 Å². The summed E-state index contributed by atoms with van der Waals surface area (Å²) in [5, 5.41) is 1.42. The van der Waals surface area contributed by atoms with E-state index in [1.54, 1.807) is 27.2 Å². The number of hydrogen-bond acceptors (Lipinski definition) is 4. The molecule has 2 rings (SSSR count). The van der Waals surface area contributed by atoms with Gasteiger partial charge in [0.15, 0.2) is 0 Å². The minimum Gasteiger partial charge on any atom is -0.496 e. The van der Waals surface area contributed by atoms with E-state index in [4.69, 9.17) is 13.9 Å². The summed E-state index contributed by atoms with van der Waals surface area (Å²) in [4.78, 5) is 11.9. The molecule has 0 spiro atoms. The Morgan fingerprint density at radius 1 is 1.16 bits per heavy atom. The Morgan fingerprint density at radius 3 is 2.42 bits per heavy atom. The first-order valence-corrected chi connectivity index (χ1v) is 6.14. The number of hydrogen-bond donors (Lipinski definition) is 0. The van der Waals surface area contributed by atoms with Gasteiger partial charge in [-0.25, -0.2) is 4.79 Å². The molecule has 0 N–H and O–H groups in total. The molecule has 1 heterocycles. The predicted molar refractivity (Wildman–Crippen MR) is 73.9 cm³/mol. The molecule has 1 unspecified atom stereocenters. The van der Waals surface area contributed by atoms with Gasteiger partial charge in [0.25, 0.3) is 0 Å². The molecule has 2 aromatic rings. The number of ether oxygens (including phenoxy) is 2. The van der Waals surface area contributed by atoms with Crippen molar-refractivity contribution in [3.63, 3.8) is 0 Å². The van der Waals surface area contributed by atoms with Crippen LogP contribution in [0, 0.1) is 13.8 Å². The second-order valence-corrected chi connectivity index (χ2v) is 4.59. The largest absolute Gasteiger partial charge is 0.496 e. The van der Waals surface area contributed by atoms with Crippen molar-refractivity contribution >= 4 is 10.8 Å². The van der Waals surface area contributed by atoms with Crippen molar-refractivity contribution in [2.75, 3.05) is 14.2 Å². The van der Waals surface area contributed by atoms with E-state index in [2.05, 4.69) is 0 Å². The van der Waals surface area contributed by atoms with E-state index >= 15 is 0 Å². The highest BCUT2D eigenvalue weighted by Crippen LogP contribution is 2.32. The maximum atomic E-state index is 11.9. The standard InChI is InChI=1S/C15H18O4/c1-8-9(2)19-15(16)13-7-14(18-5)12(6-11(8)13)10(3)17-4/h6-7,10H,1-5H3. The monoisotopic (exact) mass is 262 g/mol. The molecule has 0 saturated carbocycles. The molecule has 102 valence electrons. The summed E-state index contributed by atoms with van der Waals surface area (Å²) in [6.07, 6.45) is -0.105. The van der Waals surface area contributed by atoms with Crippen molar-refractivity contribution in [1.82, 2.24) is 0 Å². The van der Waals surface area contributed by atoms with Crippen LogP contribution in [0.1, 0.15) is 29.9 Å². The van der Waals surface area contributed by atoms with Crippen molar-refractivity contribution in [3.8, 4) is 5.75 Å². The number of aryl methyl sites for hydroxylation is 2. The van der Waals surface area contributed by atoms with E-state index in [1.165, 1.54) is 0 Å². The van der Waals surface area contributed by atoms with Gasteiger partial charge in [0.1, 0.15) is 11.5 Å². The lowest BCUT2D eigenvalue weighted by Gasteiger charge is -2.16. The molecule has 1 aromatic carbocycles. The summed E-state index contributed by atoms with van der Waals surface area (Å²) in [6, 6.07) is 3.67. The SMILES string of the molecule is COc1cc2c(=O)oc(C)c(C)c2cc1C(C)OC. The number of fused-ring (bicyclic) bond motifs is 1. The van der Waals surface area contributed by atoms with Crippen LogP contribution in [-0.2, 0) is 4.74 Å². The summed E-state index contributed by atoms with van der Waals surface area (Å²) in [5.41, 5.74) is 1.54. The van der Waals surface area contributed by atoms with Crippen molar-refractivity contribution in [1.29, 1.82) is 0 Å². The first-order valence-electron chi connectivity index (χ1n) is 6.14. The summed E-state index contributed by atoms with van der Waals surface area (Å²) >= 11 is 0. The minimum atomic E-state index is -0.340. The van der Waals surface area contributed by atoms with Gasteiger partial charge in [-0.05, 0) is 43.9 Å². The zero-order chi connectivity index (χ0) is 14.2. The van der Waals surface area contributed by atoms with Crippen LogP contribution in [0.25, 0.3) is 10.8 Å². The van der Waals surface area contributed by atoms with Crippen LogP contribution in [-0.4, -0.2) is 14.2 Å². The van der Waals surface area contributed by atoms with E-state index in [-0.39, 0.29) is 11.7 Å². The van der Waals surface area contributed by atoms with Gasteiger partial charge in [0.05, 0.1) is 18.6 Å². The van der Waals surface area contributed by atoms with Crippen LogP contribution in [0.2, 0.25) is 0 Å². The lowest BCUT2D eigenvalue weighted by molar-refractivity contribution is 0.117. The predicted octanol–water partition coefficient (Wildman–Crippen LogP) is 3.13. The fourth-order valence-corrected chi connectivity index (χ4v) is 2.16. The molecule has 4 heteroatoms. The maximum absolute atomic E-state index is 11.9. The second kappa shape index (κ2) is 5.05. The third-order valence-electron chi connectivity index (χ3n) is 3.56. The fraction of sp³-hybridized carbons (Fsp3) is 0.400. The van der Waals surface area contributed by atoms with E-state index in [0.717, 1.165) is 16.5 Å². The lowest BCUT2D eigenvalue weighted by Crippen LogP contribution is -2.06. The Balaban J connectivity index is 2.86.